The van der Waals surface area contributed by atoms with Crippen molar-refractivity contribution < 1.29 is 27.8 Å². The smallest absolute Gasteiger partial charge is 0.387 e. The van der Waals surface area contributed by atoms with E-state index < -0.39 is 12.5 Å². The van der Waals surface area contributed by atoms with Gasteiger partial charge in [-0.15, -0.1) is 0 Å². The van der Waals surface area contributed by atoms with Crippen LogP contribution in [0.4, 0.5) is 8.78 Å². The van der Waals surface area contributed by atoms with Gasteiger partial charge in [-0.3, -0.25) is 4.79 Å². The predicted octanol–water partition coefficient (Wildman–Crippen LogP) is 4.68. The van der Waals surface area contributed by atoms with Gasteiger partial charge in [0.1, 0.15) is 5.75 Å². The van der Waals surface area contributed by atoms with Crippen LogP contribution in [0.2, 0.25) is 5.02 Å². The molecule has 0 bridgehead atoms. The summed E-state index contributed by atoms with van der Waals surface area (Å²) in [4.78, 5) is 12.1. The van der Waals surface area contributed by atoms with Crippen LogP contribution in [0, 0.1) is 0 Å². The van der Waals surface area contributed by atoms with Crippen molar-refractivity contribution in [3.63, 3.8) is 0 Å². The molecule has 5 nitrogen and oxygen atoms in total. The summed E-state index contributed by atoms with van der Waals surface area (Å²) in [6.07, 6.45) is 2.87. The number of carbonyl (C=O) groups excluding carboxylic acids is 1. The summed E-state index contributed by atoms with van der Waals surface area (Å²) in [5.74, 6) is 0.498. The van der Waals surface area contributed by atoms with Gasteiger partial charge in [0.25, 0.3) is 0 Å². The Kier molecular flexibility index (Phi) is 8.07. The van der Waals surface area contributed by atoms with Gasteiger partial charge in [0.05, 0.1) is 18.7 Å². The molecule has 2 aromatic rings. The van der Waals surface area contributed by atoms with Gasteiger partial charge in [-0.25, -0.2) is 0 Å². The second-order valence-corrected chi connectivity index (χ2v) is 5.91. The Labute approximate surface area is 166 Å². The Hall–Kier alpha value is -2.80. The first kappa shape index (κ1) is 21.5. The number of hydrogen-bond donors (Lipinski definition) is 1. The topological polar surface area (TPSA) is 56.8 Å². The van der Waals surface area contributed by atoms with Crippen LogP contribution in [0.1, 0.15) is 18.1 Å². The summed E-state index contributed by atoms with van der Waals surface area (Å²) in [5.41, 5.74) is 1.08. The molecular formula is C20H20ClF2NO4. The molecule has 0 radical (unpaired) electrons. The van der Waals surface area contributed by atoms with E-state index in [0.29, 0.717) is 34.3 Å². The van der Waals surface area contributed by atoms with E-state index in [1.54, 1.807) is 36.4 Å². The van der Waals surface area contributed by atoms with E-state index >= 15 is 0 Å². The first-order chi connectivity index (χ1) is 13.4. The van der Waals surface area contributed by atoms with Gasteiger partial charge in [0, 0.05) is 18.2 Å². The van der Waals surface area contributed by atoms with Crippen molar-refractivity contribution in [3.05, 3.63) is 58.6 Å². The Morgan fingerprint density at radius 3 is 2.68 bits per heavy atom. The molecule has 1 amide bonds. The Balaban J connectivity index is 2.05. The predicted molar refractivity (Wildman–Crippen MR) is 103 cm³/mol. The van der Waals surface area contributed by atoms with Crippen molar-refractivity contribution >= 4 is 23.6 Å². The van der Waals surface area contributed by atoms with Gasteiger partial charge in [0.2, 0.25) is 5.91 Å². The molecule has 0 aromatic heterocycles. The van der Waals surface area contributed by atoms with E-state index in [1.807, 2.05) is 6.92 Å². The van der Waals surface area contributed by atoms with Crippen LogP contribution < -0.4 is 19.5 Å². The maximum atomic E-state index is 12.4. The number of ether oxygens (including phenoxy) is 3. The molecule has 0 saturated heterocycles. The van der Waals surface area contributed by atoms with Crippen LogP contribution in [-0.4, -0.2) is 26.2 Å². The van der Waals surface area contributed by atoms with Gasteiger partial charge in [-0.2, -0.15) is 8.78 Å². The van der Waals surface area contributed by atoms with Gasteiger partial charge >= 0.3 is 6.61 Å². The zero-order valence-corrected chi connectivity index (χ0v) is 16.1. The van der Waals surface area contributed by atoms with Crippen LogP contribution in [0.5, 0.6) is 17.2 Å². The van der Waals surface area contributed by atoms with Gasteiger partial charge < -0.3 is 19.5 Å². The average Bonchev–Trinajstić information content (AvgIpc) is 2.65. The van der Waals surface area contributed by atoms with Crippen LogP contribution in [0.3, 0.4) is 0 Å². The minimum atomic E-state index is -2.93. The molecule has 0 saturated carbocycles. The zero-order valence-electron chi connectivity index (χ0n) is 15.4. The standard InChI is InChI=1S/C20H20ClF2NO4/c1-3-27-17-11-13(10-15(21)19(17)26-2)8-9-18(25)24-12-14-6-4-5-7-16(14)28-20(22)23/h4-11,20H,3,12H2,1-2H3,(H,24,25)/b9-8+. The third-order valence-corrected chi connectivity index (χ3v) is 3.89. The molecule has 0 fully saturated rings. The number of hydrogen-bond acceptors (Lipinski definition) is 4. The van der Waals surface area contributed by atoms with Crippen LogP contribution in [0.15, 0.2) is 42.5 Å². The van der Waals surface area contributed by atoms with E-state index in [-0.39, 0.29) is 12.3 Å². The number of nitrogens with one attached hydrogen (secondary N) is 1. The molecule has 0 aliphatic heterocycles. The molecular weight excluding hydrogens is 392 g/mol. The van der Waals surface area contributed by atoms with Gasteiger partial charge in [0.15, 0.2) is 11.5 Å². The Morgan fingerprint density at radius 1 is 1.25 bits per heavy atom. The van der Waals surface area contributed by atoms with Crippen molar-refractivity contribution in [2.45, 2.75) is 20.1 Å². The molecule has 0 unspecified atom stereocenters. The lowest BCUT2D eigenvalue weighted by Gasteiger charge is -2.12. The molecule has 28 heavy (non-hydrogen) atoms. The first-order valence-electron chi connectivity index (χ1n) is 8.43. The van der Waals surface area contributed by atoms with E-state index in [0.717, 1.165) is 0 Å². The molecule has 0 atom stereocenters. The summed E-state index contributed by atoms with van der Waals surface area (Å²) in [7, 11) is 1.49. The molecule has 0 aliphatic carbocycles. The first-order valence-corrected chi connectivity index (χ1v) is 8.81. The van der Waals surface area contributed by atoms with E-state index in [2.05, 4.69) is 10.1 Å². The quantitative estimate of drug-likeness (QED) is 0.609. The molecule has 1 N–H and O–H groups in total. The van der Waals surface area contributed by atoms with Crippen molar-refractivity contribution in [2.24, 2.45) is 0 Å². The number of methoxy groups -OCH3 is 1. The van der Waals surface area contributed by atoms with Crippen LogP contribution >= 0.6 is 11.6 Å². The number of benzene rings is 2. The second kappa shape index (κ2) is 10.5. The lowest BCUT2D eigenvalue weighted by Crippen LogP contribution is -2.21. The fraction of sp³-hybridized carbons (Fsp3) is 0.250. The lowest BCUT2D eigenvalue weighted by molar-refractivity contribution is -0.116. The summed E-state index contributed by atoms with van der Waals surface area (Å²) >= 11 is 6.17. The SMILES string of the molecule is CCOc1cc(/C=C/C(=O)NCc2ccccc2OC(F)F)cc(Cl)c1OC. The monoisotopic (exact) mass is 411 g/mol. The van der Waals surface area contributed by atoms with Crippen LogP contribution in [-0.2, 0) is 11.3 Å². The zero-order chi connectivity index (χ0) is 20.5. The summed E-state index contributed by atoms with van der Waals surface area (Å²) in [5, 5.41) is 2.97. The number of halogens is 3. The molecule has 2 rings (SSSR count). The fourth-order valence-electron chi connectivity index (χ4n) is 2.42. The number of amides is 1. The third kappa shape index (κ3) is 6.13. The molecule has 0 aliphatic rings. The second-order valence-electron chi connectivity index (χ2n) is 5.50. The molecule has 0 spiro atoms. The highest BCUT2D eigenvalue weighted by atomic mass is 35.5. The molecule has 8 heteroatoms. The summed E-state index contributed by atoms with van der Waals surface area (Å²) in [6, 6.07) is 9.59. The van der Waals surface area contributed by atoms with Crippen molar-refractivity contribution in [1.29, 1.82) is 0 Å². The van der Waals surface area contributed by atoms with Crippen LogP contribution in [0.25, 0.3) is 6.08 Å². The van der Waals surface area contributed by atoms with E-state index in [4.69, 9.17) is 21.1 Å². The molecule has 0 heterocycles. The average molecular weight is 412 g/mol. The van der Waals surface area contributed by atoms with Crippen molar-refractivity contribution in [2.75, 3.05) is 13.7 Å². The fourth-order valence-corrected chi connectivity index (χ4v) is 2.72. The number of carbonyl (C=O) groups is 1. The van der Waals surface area contributed by atoms with Crippen molar-refractivity contribution in [3.8, 4) is 17.2 Å². The van der Waals surface area contributed by atoms with E-state index in [1.165, 1.54) is 19.3 Å². The minimum absolute atomic E-state index is 0.0186. The Morgan fingerprint density at radius 2 is 2.00 bits per heavy atom. The number of alkyl halides is 2. The highest BCUT2D eigenvalue weighted by Gasteiger charge is 2.11. The summed E-state index contributed by atoms with van der Waals surface area (Å²) < 4.78 is 40.0. The Bertz CT molecular complexity index is 843. The maximum absolute atomic E-state index is 12.4. The largest absolute Gasteiger partial charge is 0.491 e. The number of para-hydroxylation sites is 1. The maximum Gasteiger partial charge on any atom is 0.387 e. The van der Waals surface area contributed by atoms with Gasteiger partial charge in [-0.1, -0.05) is 29.8 Å². The normalized spacial score (nSPS) is 10.9. The molecule has 2 aromatic carbocycles. The lowest BCUT2D eigenvalue weighted by atomic mass is 10.1. The highest BCUT2D eigenvalue weighted by molar-refractivity contribution is 6.32. The number of rotatable bonds is 9. The summed E-state index contributed by atoms with van der Waals surface area (Å²) in [6.45, 7) is -0.630. The highest BCUT2D eigenvalue weighted by Crippen LogP contribution is 2.36. The van der Waals surface area contributed by atoms with Crippen molar-refractivity contribution in [1.82, 2.24) is 5.32 Å². The minimum Gasteiger partial charge on any atom is -0.491 e. The van der Waals surface area contributed by atoms with Gasteiger partial charge in [-0.05, 0) is 36.8 Å². The molecule has 150 valence electrons. The third-order valence-electron chi connectivity index (χ3n) is 3.60. The van der Waals surface area contributed by atoms with E-state index in [9.17, 15) is 13.6 Å².